The number of benzene rings is 1. The van der Waals surface area contributed by atoms with E-state index in [-0.39, 0.29) is 16.9 Å². The van der Waals surface area contributed by atoms with Gasteiger partial charge in [0.2, 0.25) is 15.9 Å². The second-order valence-corrected chi connectivity index (χ2v) is 6.10. The normalized spacial score (nSPS) is 11.5. The summed E-state index contributed by atoms with van der Waals surface area (Å²) in [6.45, 7) is 3.08. The van der Waals surface area contributed by atoms with E-state index in [1.54, 1.807) is 0 Å². The van der Waals surface area contributed by atoms with Gasteiger partial charge >= 0.3 is 0 Å². The van der Waals surface area contributed by atoms with Crippen LogP contribution in [0.5, 0.6) is 0 Å². The number of amides is 1. The maximum Gasteiger partial charge on any atom is 0.248 e. The lowest BCUT2D eigenvalue weighted by Gasteiger charge is -2.13. The second-order valence-electron chi connectivity index (χ2n) is 3.86. The molecule has 0 fully saturated rings. The third-order valence-corrected chi connectivity index (χ3v) is 3.96. The summed E-state index contributed by atoms with van der Waals surface area (Å²) in [6.07, 6.45) is 0. The molecule has 1 aromatic carbocycles. The first-order valence-corrected chi connectivity index (χ1v) is 6.49. The summed E-state index contributed by atoms with van der Waals surface area (Å²) in [4.78, 5) is 11.0. The van der Waals surface area contributed by atoms with E-state index in [9.17, 15) is 13.2 Å². The van der Waals surface area contributed by atoms with Crippen molar-refractivity contribution < 1.29 is 13.2 Å². The first-order chi connectivity index (χ1) is 7.74. The smallest absolute Gasteiger partial charge is 0.248 e. The minimum Gasteiger partial charge on any atom is -0.397 e. The van der Waals surface area contributed by atoms with Gasteiger partial charge in [-0.15, -0.1) is 0 Å². The molecule has 0 heterocycles. The fraction of sp³-hybridized carbons (Fsp3) is 0.300. The summed E-state index contributed by atoms with van der Waals surface area (Å²) < 4.78 is 25.6. The van der Waals surface area contributed by atoms with Gasteiger partial charge in [-0.3, -0.25) is 9.52 Å². The van der Waals surface area contributed by atoms with E-state index in [0.29, 0.717) is 0 Å². The molecular formula is C10H15N3O3S. The van der Waals surface area contributed by atoms with Crippen LogP contribution in [-0.2, 0) is 10.0 Å². The van der Waals surface area contributed by atoms with Crippen LogP contribution in [0.1, 0.15) is 24.2 Å². The molecule has 0 aliphatic carbocycles. The van der Waals surface area contributed by atoms with Gasteiger partial charge in [0.05, 0.1) is 16.6 Å². The Hall–Kier alpha value is -1.76. The zero-order valence-corrected chi connectivity index (χ0v) is 10.4. The molecule has 0 aliphatic heterocycles. The fourth-order valence-electron chi connectivity index (χ4n) is 1.07. The van der Waals surface area contributed by atoms with Crippen LogP contribution in [0.2, 0.25) is 0 Å². The van der Waals surface area contributed by atoms with Crippen LogP contribution in [0.15, 0.2) is 18.2 Å². The molecule has 0 radical (unpaired) electrons. The highest BCUT2D eigenvalue weighted by molar-refractivity contribution is 7.93. The summed E-state index contributed by atoms with van der Waals surface area (Å²) in [7, 11) is -3.50. The summed E-state index contributed by atoms with van der Waals surface area (Å²) >= 11 is 0. The van der Waals surface area contributed by atoms with Crippen molar-refractivity contribution in [2.75, 3.05) is 10.5 Å². The lowest BCUT2D eigenvalue weighted by atomic mass is 10.2. The monoisotopic (exact) mass is 257 g/mol. The van der Waals surface area contributed by atoms with Crippen LogP contribution in [-0.4, -0.2) is 19.6 Å². The summed E-state index contributed by atoms with van der Waals surface area (Å²) in [5, 5.41) is -0.598. The van der Waals surface area contributed by atoms with E-state index < -0.39 is 21.2 Å². The minimum absolute atomic E-state index is 0.162. The first kappa shape index (κ1) is 13.3. The van der Waals surface area contributed by atoms with E-state index in [1.807, 2.05) is 0 Å². The van der Waals surface area contributed by atoms with Crippen molar-refractivity contribution in [3.63, 3.8) is 0 Å². The van der Waals surface area contributed by atoms with E-state index in [1.165, 1.54) is 32.0 Å². The molecule has 17 heavy (non-hydrogen) atoms. The Morgan fingerprint density at radius 1 is 1.35 bits per heavy atom. The van der Waals surface area contributed by atoms with Crippen molar-refractivity contribution in [1.29, 1.82) is 0 Å². The number of primary amides is 1. The van der Waals surface area contributed by atoms with E-state index in [0.717, 1.165) is 0 Å². The van der Waals surface area contributed by atoms with Crippen LogP contribution < -0.4 is 16.2 Å². The van der Waals surface area contributed by atoms with Crippen LogP contribution in [0.3, 0.4) is 0 Å². The maximum atomic E-state index is 11.7. The second kappa shape index (κ2) is 4.62. The van der Waals surface area contributed by atoms with Gasteiger partial charge in [0.25, 0.3) is 0 Å². The standard InChI is InChI=1S/C10H15N3O3S/c1-6(2)17(15,16)13-9-5-7(10(12)14)3-4-8(9)11/h3-6,13H,11H2,1-2H3,(H2,12,14). The number of nitrogens with one attached hydrogen (secondary N) is 1. The van der Waals surface area contributed by atoms with Crippen molar-refractivity contribution in [1.82, 2.24) is 0 Å². The Balaban J connectivity index is 3.15. The van der Waals surface area contributed by atoms with Crippen LogP contribution in [0.4, 0.5) is 11.4 Å². The zero-order chi connectivity index (χ0) is 13.2. The lowest BCUT2D eigenvalue weighted by Crippen LogP contribution is -2.23. The molecule has 0 unspecified atom stereocenters. The number of carbonyl (C=O) groups is 1. The lowest BCUT2D eigenvalue weighted by molar-refractivity contribution is 0.100. The van der Waals surface area contributed by atoms with Crippen LogP contribution >= 0.6 is 0 Å². The number of rotatable bonds is 4. The first-order valence-electron chi connectivity index (χ1n) is 4.95. The van der Waals surface area contributed by atoms with Crippen molar-refractivity contribution in [2.24, 2.45) is 5.73 Å². The van der Waals surface area contributed by atoms with Gasteiger partial charge in [-0.25, -0.2) is 8.42 Å². The highest BCUT2D eigenvalue weighted by Gasteiger charge is 2.17. The van der Waals surface area contributed by atoms with Crippen molar-refractivity contribution in [3.8, 4) is 0 Å². The quantitative estimate of drug-likeness (QED) is 0.682. The summed E-state index contributed by atoms with van der Waals surface area (Å²) in [5.74, 6) is -0.644. The highest BCUT2D eigenvalue weighted by Crippen LogP contribution is 2.22. The number of nitrogens with two attached hydrogens (primary N) is 2. The van der Waals surface area contributed by atoms with Crippen LogP contribution in [0, 0.1) is 0 Å². The summed E-state index contributed by atoms with van der Waals surface area (Å²) in [6, 6.07) is 4.18. The van der Waals surface area contributed by atoms with Crippen molar-refractivity contribution in [2.45, 2.75) is 19.1 Å². The molecule has 0 saturated carbocycles. The average molecular weight is 257 g/mol. The maximum absolute atomic E-state index is 11.7. The Morgan fingerprint density at radius 2 is 1.94 bits per heavy atom. The Kier molecular flexibility index (Phi) is 3.62. The molecule has 5 N–H and O–H groups in total. The van der Waals surface area contributed by atoms with Gasteiger partial charge < -0.3 is 11.5 Å². The number of sulfonamides is 1. The molecular weight excluding hydrogens is 242 g/mol. The number of carbonyl (C=O) groups excluding carboxylic acids is 1. The average Bonchev–Trinajstić information content (AvgIpc) is 2.20. The van der Waals surface area contributed by atoms with Gasteiger partial charge in [-0.2, -0.15) is 0 Å². The Labute approximate surface area is 100 Å². The van der Waals surface area contributed by atoms with Crippen molar-refractivity contribution >= 4 is 27.3 Å². The summed E-state index contributed by atoms with van der Waals surface area (Å²) in [5.41, 5.74) is 11.3. The molecule has 0 spiro atoms. The topological polar surface area (TPSA) is 115 Å². The molecule has 0 saturated heterocycles. The molecule has 6 nitrogen and oxygen atoms in total. The Bertz CT molecular complexity index is 538. The number of hydrogen-bond acceptors (Lipinski definition) is 4. The largest absolute Gasteiger partial charge is 0.397 e. The van der Waals surface area contributed by atoms with E-state index >= 15 is 0 Å². The molecule has 7 heteroatoms. The molecule has 1 aromatic rings. The molecule has 0 bridgehead atoms. The highest BCUT2D eigenvalue weighted by atomic mass is 32.2. The van der Waals surface area contributed by atoms with Crippen molar-refractivity contribution in [3.05, 3.63) is 23.8 Å². The SMILES string of the molecule is CC(C)S(=O)(=O)Nc1cc(C(N)=O)ccc1N. The number of hydrogen-bond donors (Lipinski definition) is 3. The molecule has 0 atom stereocenters. The molecule has 1 amide bonds. The Morgan fingerprint density at radius 3 is 2.41 bits per heavy atom. The molecule has 0 aliphatic rings. The third kappa shape index (κ3) is 3.10. The molecule has 1 rings (SSSR count). The van der Waals surface area contributed by atoms with Gasteiger partial charge in [0, 0.05) is 5.56 Å². The minimum atomic E-state index is -3.50. The molecule has 94 valence electrons. The molecule has 0 aromatic heterocycles. The van der Waals surface area contributed by atoms with Crippen LogP contribution in [0.25, 0.3) is 0 Å². The van der Waals surface area contributed by atoms with E-state index in [2.05, 4.69) is 4.72 Å². The van der Waals surface area contributed by atoms with Gasteiger partial charge in [0.1, 0.15) is 0 Å². The van der Waals surface area contributed by atoms with Gasteiger partial charge in [-0.1, -0.05) is 0 Å². The fourth-order valence-corrected chi connectivity index (χ4v) is 1.79. The van der Waals surface area contributed by atoms with Gasteiger partial charge in [-0.05, 0) is 32.0 Å². The third-order valence-electron chi connectivity index (χ3n) is 2.21. The number of anilines is 2. The predicted octanol–water partition coefficient (Wildman–Crippen LogP) is 0.518. The van der Waals surface area contributed by atoms with E-state index in [4.69, 9.17) is 11.5 Å². The predicted molar refractivity (Wildman–Crippen MR) is 67.1 cm³/mol. The van der Waals surface area contributed by atoms with Gasteiger partial charge in [0.15, 0.2) is 0 Å². The zero-order valence-electron chi connectivity index (χ0n) is 9.60. The number of nitrogen functional groups attached to an aromatic ring is 1.